The van der Waals surface area contributed by atoms with Crippen LogP contribution in [0.1, 0.15) is 46.5 Å². The second kappa shape index (κ2) is 6.70. The Morgan fingerprint density at radius 1 is 1.62 bits per heavy atom. The Hall–Kier alpha value is -0.810. The smallest absolute Gasteiger partial charge is 0.0638 e. The zero-order valence-corrected chi connectivity index (χ0v) is 10.8. The van der Waals surface area contributed by atoms with Gasteiger partial charge < -0.3 is 5.32 Å². The summed E-state index contributed by atoms with van der Waals surface area (Å²) in [6, 6.07) is 2.63. The molecule has 3 unspecified atom stereocenters. The van der Waals surface area contributed by atoms with Crippen LogP contribution in [0.5, 0.6) is 0 Å². The van der Waals surface area contributed by atoms with Gasteiger partial charge in [0.1, 0.15) is 0 Å². The number of nitrogens with one attached hydrogen (secondary N) is 1. The summed E-state index contributed by atoms with van der Waals surface area (Å²) in [4.78, 5) is 0. The Morgan fingerprint density at radius 3 is 2.94 bits per heavy atom. The molecule has 0 aromatic carbocycles. The van der Waals surface area contributed by atoms with Gasteiger partial charge in [0.2, 0.25) is 0 Å². The van der Waals surface area contributed by atoms with E-state index in [1.807, 2.05) is 0 Å². The maximum absolute atomic E-state index is 8.69. The van der Waals surface area contributed by atoms with E-state index in [4.69, 9.17) is 5.26 Å². The first-order chi connectivity index (χ1) is 7.65. The van der Waals surface area contributed by atoms with Gasteiger partial charge in [0.05, 0.1) is 12.5 Å². The van der Waals surface area contributed by atoms with Crippen LogP contribution in [0, 0.1) is 23.2 Å². The molecule has 90 valence electrons. The van der Waals surface area contributed by atoms with Crippen molar-refractivity contribution in [3.8, 4) is 6.07 Å². The highest BCUT2D eigenvalue weighted by Gasteiger charge is 2.18. The normalized spacial score (nSPS) is 27.0. The molecule has 0 fully saturated rings. The molecule has 1 aliphatic rings. The van der Waals surface area contributed by atoms with Gasteiger partial charge in [-0.15, -0.1) is 0 Å². The molecule has 0 heterocycles. The molecule has 0 radical (unpaired) electrons. The van der Waals surface area contributed by atoms with E-state index in [1.165, 1.54) is 18.4 Å². The van der Waals surface area contributed by atoms with Crippen LogP contribution < -0.4 is 5.32 Å². The molecule has 1 N–H and O–H groups in total. The van der Waals surface area contributed by atoms with E-state index in [-0.39, 0.29) is 0 Å². The lowest BCUT2D eigenvalue weighted by Crippen LogP contribution is -2.34. The maximum Gasteiger partial charge on any atom is 0.0638 e. The summed E-state index contributed by atoms with van der Waals surface area (Å²) < 4.78 is 0. The fraction of sp³-hybridized carbons (Fsp3) is 0.786. The third kappa shape index (κ3) is 4.37. The molecule has 2 nitrogen and oxygen atoms in total. The van der Waals surface area contributed by atoms with E-state index in [9.17, 15) is 0 Å². The molecule has 16 heavy (non-hydrogen) atoms. The van der Waals surface area contributed by atoms with E-state index in [2.05, 4.69) is 38.2 Å². The lowest BCUT2D eigenvalue weighted by atomic mass is 9.83. The van der Waals surface area contributed by atoms with Crippen molar-refractivity contribution in [3.05, 3.63) is 11.6 Å². The van der Waals surface area contributed by atoms with Crippen molar-refractivity contribution in [2.75, 3.05) is 6.54 Å². The Morgan fingerprint density at radius 2 is 2.38 bits per heavy atom. The molecule has 2 heteroatoms. The molecule has 0 aliphatic heterocycles. The second-order valence-corrected chi connectivity index (χ2v) is 5.17. The van der Waals surface area contributed by atoms with Crippen molar-refractivity contribution < 1.29 is 0 Å². The molecule has 0 spiro atoms. The summed E-state index contributed by atoms with van der Waals surface area (Å²) in [5.41, 5.74) is 1.53. The molecule has 0 aromatic rings. The highest BCUT2D eigenvalue weighted by atomic mass is 14.9. The predicted octanol–water partition coefficient (Wildman–Crippen LogP) is 3.26. The number of hydrogen-bond acceptors (Lipinski definition) is 2. The lowest BCUT2D eigenvalue weighted by Gasteiger charge is -2.27. The van der Waals surface area contributed by atoms with E-state index >= 15 is 0 Å². The molecular formula is C14H24N2. The van der Waals surface area contributed by atoms with Crippen LogP contribution in [0.2, 0.25) is 0 Å². The number of rotatable bonds is 5. The summed E-state index contributed by atoms with van der Waals surface area (Å²) >= 11 is 0. The molecule has 0 amide bonds. The average Bonchev–Trinajstić information content (AvgIpc) is 2.23. The molecule has 1 rings (SSSR count). The largest absolute Gasteiger partial charge is 0.313 e. The van der Waals surface area contributed by atoms with Crippen LogP contribution >= 0.6 is 0 Å². The third-order valence-electron chi connectivity index (χ3n) is 3.41. The van der Waals surface area contributed by atoms with Gasteiger partial charge in [-0.05, 0) is 44.6 Å². The van der Waals surface area contributed by atoms with Gasteiger partial charge in [0.15, 0.2) is 0 Å². The summed E-state index contributed by atoms with van der Waals surface area (Å²) in [6.07, 6.45) is 6.58. The molecular weight excluding hydrogens is 196 g/mol. The summed E-state index contributed by atoms with van der Waals surface area (Å²) in [5.74, 6) is 1.48. The van der Waals surface area contributed by atoms with Crippen molar-refractivity contribution in [1.82, 2.24) is 5.32 Å². The van der Waals surface area contributed by atoms with Gasteiger partial charge in [0.25, 0.3) is 0 Å². The minimum atomic E-state index is 0.381. The van der Waals surface area contributed by atoms with E-state index in [0.717, 1.165) is 24.8 Å². The van der Waals surface area contributed by atoms with Crippen LogP contribution in [0.4, 0.5) is 0 Å². The zero-order valence-electron chi connectivity index (χ0n) is 10.8. The minimum absolute atomic E-state index is 0.381. The number of allylic oxidation sites excluding steroid dienone is 2. The molecule has 0 saturated carbocycles. The quantitative estimate of drug-likeness (QED) is 0.722. The highest BCUT2D eigenvalue weighted by molar-refractivity contribution is 5.06. The van der Waals surface area contributed by atoms with Crippen LogP contribution in [0.25, 0.3) is 0 Å². The second-order valence-electron chi connectivity index (χ2n) is 5.17. The van der Waals surface area contributed by atoms with Crippen molar-refractivity contribution in [2.24, 2.45) is 11.8 Å². The fourth-order valence-corrected chi connectivity index (χ4v) is 2.65. The third-order valence-corrected chi connectivity index (χ3v) is 3.41. The van der Waals surface area contributed by atoms with Gasteiger partial charge in [-0.3, -0.25) is 0 Å². The number of nitriles is 1. The van der Waals surface area contributed by atoms with Crippen molar-refractivity contribution >= 4 is 0 Å². The lowest BCUT2D eigenvalue weighted by molar-refractivity contribution is 0.357. The van der Waals surface area contributed by atoms with Gasteiger partial charge in [-0.25, -0.2) is 0 Å². The van der Waals surface area contributed by atoms with Crippen LogP contribution in [0.15, 0.2) is 11.6 Å². The Labute approximate surface area is 99.7 Å². The molecule has 3 atom stereocenters. The fourth-order valence-electron chi connectivity index (χ4n) is 2.65. The summed E-state index contributed by atoms with van der Waals surface area (Å²) in [6.45, 7) is 7.73. The summed E-state index contributed by atoms with van der Waals surface area (Å²) in [7, 11) is 0. The number of hydrogen-bond donors (Lipinski definition) is 1. The minimum Gasteiger partial charge on any atom is -0.313 e. The van der Waals surface area contributed by atoms with Gasteiger partial charge in [-0.1, -0.05) is 25.5 Å². The monoisotopic (exact) mass is 220 g/mol. The first kappa shape index (κ1) is 13.3. The van der Waals surface area contributed by atoms with Crippen LogP contribution in [0.3, 0.4) is 0 Å². The molecule has 1 aliphatic carbocycles. The first-order valence-corrected chi connectivity index (χ1v) is 6.43. The Bertz CT molecular complexity index is 275. The topological polar surface area (TPSA) is 35.8 Å². The van der Waals surface area contributed by atoms with E-state index in [0.29, 0.717) is 12.5 Å². The van der Waals surface area contributed by atoms with Crippen molar-refractivity contribution in [1.29, 1.82) is 5.26 Å². The molecule has 0 saturated heterocycles. The summed E-state index contributed by atoms with van der Waals surface area (Å²) in [5, 5.41) is 12.2. The van der Waals surface area contributed by atoms with E-state index < -0.39 is 0 Å². The van der Waals surface area contributed by atoms with Gasteiger partial charge >= 0.3 is 0 Å². The maximum atomic E-state index is 8.69. The Balaban J connectivity index is 2.33. The zero-order chi connectivity index (χ0) is 12.0. The number of nitrogens with zero attached hydrogens (tertiary/aromatic N) is 1. The Kier molecular flexibility index (Phi) is 5.55. The van der Waals surface area contributed by atoms with Crippen LogP contribution in [-0.4, -0.2) is 12.6 Å². The van der Waals surface area contributed by atoms with E-state index in [1.54, 1.807) is 0 Å². The van der Waals surface area contributed by atoms with Crippen LogP contribution in [-0.2, 0) is 0 Å². The van der Waals surface area contributed by atoms with Crippen molar-refractivity contribution in [3.63, 3.8) is 0 Å². The first-order valence-electron chi connectivity index (χ1n) is 6.43. The van der Waals surface area contributed by atoms with Crippen molar-refractivity contribution in [2.45, 2.75) is 52.5 Å². The highest BCUT2D eigenvalue weighted by Crippen LogP contribution is 2.27. The SMILES string of the molecule is CCC(CC#N)NCC1CC(C)=CC(C)C1. The molecule has 0 aromatic heterocycles. The predicted molar refractivity (Wildman–Crippen MR) is 68.0 cm³/mol. The standard InChI is InChI=1S/C14H24N2/c1-4-14(5-6-15)16-10-13-8-11(2)7-12(3)9-13/h7,11,13-14,16H,4-5,8-10H2,1-3H3. The van der Waals surface area contributed by atoms with Gasteiger partial charge in [0, 0.05) is 6.04 Å². The average molecular weight is 220 g/mol. The van der Waals surface area contributed by atoms with Gasteiger partial charge in [-0.2, -0.15) is 5.26 Å². The molecule has 0 bridgehead atoms.